The van der Waals surface area contributed by atoms with E-state index in [0.717, 1.165) is 12.1 Å². The van der Waals surface area contributed by atoms with Gasteiger partial charge in [-0.2, -0.15) is 0 Å². The molecule has 0 aliphatic rings. The molecule has 5 nitrogen and oxygen atoms in total. The van der Waals surface area contributed by atoms with E-state index in [1.165, 1.54) is 0 Å². The van der Waals surface area contributed by atoms with Crippen LogP contribution in [-0.4, -0.2) is 26.2 Å². The van der Waals surface area contributed by atoms with Crippen molar-refractivity contribution in [3.8, 4) is 0 Å². The van der Waals surface area contributed by atoms with Gasteiger partial charge in [0, 0.05) is 16.7 Å². The minimum atomic E-state index is -4.07. The SMILES string of the molecule is CC(C)(C)CC(O)CNS(=O)(=O)c1cc(N)c(Br)cc1F. The van der Waals surface area contributed by atoms with Crippen LogP contribution >= 0.6 is 15.9 Å². The summed E-state index contributed by atoms with van der Waals surface area (Å²) in [5, 5.41) is 9.81. The molecule has 0 amide bonds. The van der Waals surface area contributed by atoms with E-state index in [-0.39, 0.29) is 22.1 Å². The number of nitrogens with two attached hydrogens (primary N) is 1. The second kappa shape index (κ2) is 6.60. The molecule has 0 saturated carbocycles. The van der Waals surface area contributed by atoms with Gasteiger partial charge in [-0.05, 0) is 39.9 Å². The highest BCUT2D eigenvalue weighted by Crippen LogP contribution is 2.26. The van der Waals surface area contributed by atoms with Crippen molar-refractivity contribution in [2.24, 2.45) is 5.41 Å². The van der Waals surface area contributed by atoms with Crippen molar-refractivity contribution < 1.29 is 17.9 Å². The number of aliphatic hydroxyl groups is 1. The average molecular weight is 383 g/mol. The summed E-state index contributed by atoms with van der Waals surface area (Å²) < 4.78 is 40.3. The van der Waals surface area contributed by atoms with Crippen LogP contribution in [0.15, 0.2) is 21.5 Å². The van der Waals surface area contributed by atoms with E-state index < -0.39 is 26.8 Å². The van der Waals surface area contributed by atoms with Gasteiger partial charge in [0.1, 0.15) is 10.7 Å². The van der Waals surface area contributed by atoms with Crippen LogP contribution in [-0.2, 0) is 10.0 Å². The van der Waals surface area contributed by atoms with Crippen LogP contribution in [0.5, 0.6) is 0 Å². The van der Waals surface area contributed by atoms with Gasteiger partial charge in [-0.3, -0.25) is 0 Å². The maximum absolute atomic E-state index is 13.8. The molecule has 0 aromatic heterocycles. The van der Waals surface area contributed by atoms with Crippen LogP contribution in [0.25, 0.3) is 0 Å². The van der Waals surface area contributed by atoms with E-state index in [4.69, 9.17) is 5.73 Å². The molecule has 120 valence electrons. The van der Waals surface area contributed by atoms with Gasteiger partial charge in [0.25, 0.3) is 0 Å². The molecule has 1 rings (SSSR count). The molecule has 1 unspecified atom stereocenters. The predicted molar refractivity (Wildman–Crippen MR) is 83.8 cm³/mol. The third kappa shape index (κ3) is 5.54. The molecule has 0 aliphatic carbocycles. The number of nitrogens with one attached hydrogen (secondary N) is 1. The Kier molecular flexibility index (Phi) is 5.76. The van der Waals surface area contributed by atoms with E-state index >= 15 is 0 Å². The fourth-order valence-electron chi connectivity index (χ4n) is 1.81. The summed E-state index contributed by atoms with van der Waals surface area (Å²) in [6, 6.07) is 2.04. The summed E-state index contributed by atoms with van der Waals surface area (Å²) in [5.74, 6) is -0.908. The maximum atomic E-state index is 13.8. The van der Waals surface area contributed by atoms with Crippen molar-refractivity contribution in [3.05, 3.63) is 22.4 Å². The number of aliphatic hydroxyl groups excluding tert-OH is 1. The van der Waals surface area contributed by atoms with Gasteiger partial charge in [0.2, 0.25) is 10.0 Å². The minimum Gasteiger partial charge on any atom is -0.398 e. The first-order valence-corrected chi connectivity index (χ1v) is 8.62. The van der Waals surface area contributed by atoms with E-state index in [0.29, 0.717) is 6.42 Å². The Morgan fingerprint density at radius 2 is 2.00 bits per heavy atom. The molecule has 0 saturated heterocycles. The van der Waals surface area contributed by atoms with E-state index in [1.54, 1.807) is 0 Å². The normalized spacial score (nSPS) is 14.2. The minimum absolute atomic E-state index is 0.118. The number of anilines is 1. The van der Waals surface area contributed by atoms with Crippen molar-refractivity contribution in [2.45, 2.75) is 38.2 Å². The summed E-state index contributed by atoms with van der Waals surface area (Å²) in [6.07, 6.45) is -0.434. The highest BCUT2D eigenvalue weighted by molar-refractivity contribution is 9.10. The Labute approximate surface area is 132 Å². The summed E-state index contributed by atoms with van der Waals surface area (Å²) >= 11 is 3.02. The zero-order valence-electron chi connectivity index (χ0n) is 12.2. The Morgan fingerprint density at radius 1 is 1.43 bits per heavy atom. The van der Waals surface area contributed by atoms with Crippen molar-refractivity contribution in [1.29, 1.82) is 0 Å². The topological polar surface area (TPSA) is 92.4 Å². The van der Waals surface area contributed by atoms with Crippen molar-refractivity contribution in [3.63, 3.8) is 0 Å². The van der Waals surface area contributed by atoms with Crippen molar-refractivity contribution in [2.75, 3.05) is 12.3 Å². The third-order valence-electron chi connectivity index (χ3n) is 2.70. The molecule has 0 fully saturated rings. The number of halogens is 2. The fourth-order valence-corrected chi connectivity index (χ4v) is 3.29. The molecule has 0 radical (unpaired) electrons. The smallest absolute Gasteiger partial charge is 0.243 e. The highest BCUT2D eigenvalue weighted by Gasteiger charge is 2.23. The average Bonchev–Trinajstić information content (AvgIpc) is 2.29. The first kappa shape index (κ1) is 18.3. The largest absolute Gasteiger partial charge is 0.398 e. The first-order chi connectivity index (χ1) is 9.42. The van der Waals surface area contributed by atoms with Gasteiger partial charge in [0.15, 0.2) is 0 Å². The molecule has 8 heteroatoms. The lowest BCUT2D eigenvalue weighted by atomic mass is 9.89. The molecule has 4 N–H and O–H groups in total. The second-order valence-corrected chi connectivity index (χ2v) is 8.66. The molecule has 0 spiro atoms. The Hall–Kier alpha value is -0.700. The lowest BCUT2D eigenvalue weighted by Gasteiger charge is -2.22. The molecule has 0 aliphatic heterocycles. The molecule has 1 aromatic carbocycles. The van der Waals surface area contributed by atoms with Crippen LogP contribution in [0.4, 0.5) is 10.1 Å². The molecular formula is C13H20BrFN2O3S. The summed E-state index contributed by atoms with van der Waals surface area (Å²) in [7, 11) is -4.07. The maximum Gasteiger partial charge on any atom is 0.243 e. The van der Waals surface area contributed by atoms with Crippen molar-refractivity contribution >= 4 is 31.6 Å². The van der Waals surface area contributed by atoms with Crippen LogP contribution in [0.3, 0.4) is 0 Å². The number of nitrogen functional groups attached to an aromatic ring is 1. The Bertz CT molecular complexity index is 615. The predicted octanol–water partition coefficient (Wildman–Crippen LogP) is 2.25. The van der Waals surface area contributed by atoms with Crippen LogP contribution < -0.4 is 10.5 Å². The molecule has 0 heterocycles. The lowest BCUT2D eigenvalue weighted by Crippen LogP contribution is -2.34. The zero-order valence-corrected chi connectivity index (χ0v) is 14.6. The zero-order chi connectivity index (χ0) is 16.4. The van der Waals surface area contributed by atoms with Gasteiger partial charge in [-0.1, -0.05) is 20.8 Å². The molecule has 0 bridgehead atoms. The first-order valence-electron chi connectivity index (χ1n) is 6.34. The quantitative estimate of drug-likeness (QED) is 0.680. The standard InChI is InChI=1S/C13H20BrFN2O3S/c1-13(2,3)6-8(18)7-17-21(19,20)12-5-11(16)9(14)4-10(12)15/h4-5,8,17-18H,6-7,16H2,1-3H3. The van der Waals surface area contributed by atoms with Gasteiger partial charge >= 0.3 is 0 Å². The number of hydrogen-bond donors (Lipinski definition) is 3. The lowest BCUT2D eigenvalue weighted by molar-refractivity contribution is 0.125. The number of hydrogen-bond acceptors (Lipinski definition) is 4. The Morgan fingerprint density at radius 3 is 2.52 bits per heavy atom. The van der Waals surface area contributed by atoms with Gasteiger partial charge in [-0.15, -0.1) is 0 Å². The molecule has 1 atom stereocenters. The Balaban J connectivity index is 2.86. The summed E-state index contributed by atoms with van der Waals surface area (Å²) in [5.41, 5.74) is 5.55. The summed E-state index contributed by atoms with van der Waals surface area (Å²) in [6.45, 7) is 5.61. The van der Waals surface area contributed by atoms with Gasteiger partial charge < -0.3 is 10.8 Å². The molecular weight excluding hydrogens is 363 g/mol. The monoisotopic (exact) mass is 382 g/mol. The van der Waals surface area contributed by atoms with E-state index in [2.05, 4.69) is 20.7 Å². The van der Waals surface area contributed by atoms with Crippen LogP contribution in [0.2, 0.25) is 0 Å². The van der Waals surface area contributed by atoms with Crippen LogP contribution in [0.1, 0.15) is 27.2 Å². The second-order valence-electron chi connectivity index (χ2n) is 6.07. The molecule has 21 heavy (non-hydrogen) atoms. The van der Waals surface area contributed by atoms with Crippen molar-refractivity contribution in [1.82, 2.24) is 4.72 Å². The number of benzene rings is 1. The van der Waals surface area contributed by atoms with Gasteiger partial charge in [-0.25, -0.2) is 17.5 Å². The van der Waals surface area contributed by atoms with E-state index in [1.807, 2.05) is 20.8 Å². The van der Waals surface area contributed by atoms with Gasteiger partial charge in [0.05, 0.1) is 6.10 Å². The molecule has 1 aromatic rings. The van der Waals surface area contributed by atoms with Crippen LogP contribution in [0, 0.1) is 11.2 Å². The third-order valence-corrected chi connectivity index (χ3v) is 4.82. The number of rotatable bonds is 5. The highest BCUT2D eigenvalue weighted by atomic mass is 79.9. The number of sulfonamides is 1. The summed E-state index contributed by atoms with van der Waals surface area (Å²) in [4.78, 5) is -0.536. The fraction of sp³-hybridized carbons (Fsp3) is 0.538. The van der Waals surface area contributed by atoms with E-state index in [9.17, 15) is 17.9 Å².